The van der Waals surface area contributed by atoms with Gasteiger partial charge in [-0.1, -0.05) is 6.08 Å². The van der Waals surface area contributed by atoms with Crippen LogP contribution in [0.2, 0.25) is 0 Å². The fourth-order valence-electron chi connectivity index (χ4n) is 1.05. The highest BCUT2D eigenvalue weighted by Gasteiger charge is 2.14. The summed E-state index contributed by atoms with van der Waals surface area (Å²) in [7, 11) is -3.67. The maximum Gasteiger partial charge on any atom is 0.240 e. The minimum atomic E-state index is -3.67. The van der Waals surface area contributed by atoms with E-state index < -0.39 is 15.8 Å². The van der Waals surface area contributed by atoms with Gasteiger partial charge in [0.1, 0.15) is 5.82 Å². The van der Waals surface area contributed by atoms with Crippen molar-refractivity contribution in [1.82, 2.24) is 4.72 Å². The molecule has 0 aliphatic rings. The first-order chi connectivity index (χ1) is 7.47. The lowest BCUT2D eigenvalue weighted by molar-refractivity contribution is 0.578. The SMILES string of the molecule is C=CCCNS(=O)(=O)c1ccc(N)c(F)c1. The lowest BCUT2D eigenvalue weighted by Crippen LogP contribution is -2.24. The predicted molar refractivity (Wildman–Crippen MR) is 60.8 cm³/mol. The van der Waals surface area contributed by atoms with Gasteiger partial charge in [0, 0.05) is 6.54 Å². The minimum absolute atomic E-state index is 0.0787. The standard InChI is InChI=1S/C10H13FN2O2S/c1-2-3-6-13-16(14,15)8-4-5-10(12)9(11)7-8/h2,4-5,7,13H,1,3,6,12H2. The lowest BCUT2D eigenvalue weighted by Gasteiger charge is -2.06. The molecule has 16 heavy (non-hydrogen) atoms. The number of hydrogen-bond acceptors (Lipinski definition) is 3. The monoisotopic (exact) mass is 244 g/mol. The van der Waals surface area contributed by atoms with Crippen LogP contribution in [0.1, 0.15) is 6.42 Å². The van der Waals surface area contributed by atoms with E-state index in [1.807, 2.05) is 0 Å². The second-order valence-corrected chi connectivity index (χ2v) is 4.93. The summed E-state index contributed by atoms with van der Waals surface area (Å²) < 4.78 is 38.6. The molecule has 0 aliphatic carbocycles. The molecular formula is C10H13FN2O2S. The Balaban J connectivity index is 2.90. The summed E-state index contributed by atoms with van der Waals surface area (Å²) in [5.41, 5.74) is 5.17. The van der Waals surface area contributed by atoms with Gasteiger partial charge in [0.25, 0.3) is 0 Å². The average Bonchev–Trinajstić information content (AvgIpc) is 2.22. The van der Waals surface area contributed by atoms with Gasteiger partial charge >= 0.3 is 0 Å². The first-order valence-electron chi connectivity index (χ1n) is 4.63. The van der Waals surface area contributed by atoms with Crippen molar-refractivity contribution in [3.05, 3.63) is 36.7 Å². The van der Waals surface area contributed by atoms with Crippen LogP contribution in [0.3, 0.4) is 0 Å². The van der Waals surface area contributed by atoms with E-state index in [-0.39, 0.29) is 17.1 Å². The van der Waals surface area contributed by atoms with E-state index in [9.17, 15) is 12.8 Å². The van der Waals surface area contributed by atoms with E-state index in [1.54, 1.807) is 6.08 Å². The van der Waals surface area contributed by atoms with Crippen LogP contribution in [0.25, 0.3) is 0 Å². The van der Waals surface area contributed by atoms with Crippen LogP contribution in [-0.2, 0) is 10.0 Å². The molecule has 0 unspecified atom stereocenters. The van der Waals surface area contributed by atoms with Crippen LogP contribution in [0, 0.1) is 5.82 Å². The number of nitrogens with one attached hydrogen (secondary N) is 1. The normalized spacial score (nSPS) is 11.3. The van der Waals surface area contributed by atoms with Crippen molar-refractivity contribution >= 4 is 15.7 Å². The smallest absolute Gasteiger partial charge is 0.240 e. The Morgan fingerprint density at radius 3 is 2.75 bits per heavy atom. The summed E-state index contributed by atoms with van der Waals surface area (Å²) in [6, 6.07) is 3.37. The molecule has 0 atom stereocenters. The predicted octanol–water partition coefficient (Wildman–Crippen LogP) is 1.26. The van der Waals surface area contributed by atoms with E-state index in [1.165, 1.54) is 12.1 Å². The Kier molecular flexibility index (Phi) is 4.03. The molecule has 0 heterocycles. The molecule has 4 nitrogen and oxygen atoms in total. The van der Waals surface area contributed by atoms with E-state index in [0.29, 0.717) is 6.42 Å². The fraction of sp³-hybridized carbons (Fsp3) is 0.200. The van der Waals surface area contributed by atoms with Gasteiger partial charge in [-0.25, -0.2) is 17.5 Å². The molecule has 0 aliphatic heterocycles. The first kappa shape index (κ1) is 12.7. The quantitative estimate of drug-likeness (QED) is 0.465. The molecule has 0 radical (unpaired) electrons. The maximum atomic E-state index is 13.1. The van der Waals surface area contributed by atoms with E-state index >= 15 is 0 Å². The molecule has 0 fully saturated rings. The second kappa shape index (κ2) is 5.09. The van der Waals surface area contributed by atoms with Crippen molar-refractivity contribution in [2.75, 3.05) is 12.3 Å². The number of nitrogens with two attached hydrogens (primary N) is 1. The van der Waals surface area contributed by atoms with Crippen LogP contribution < -0.4 is 10.5 Å². The Labute approximate surface area is 94.0 Å². The molecule has 0 aromatic heterocycles. The Morgan fingerprint density at radius 2 is 2.19 bits per heavy atom. The number of anilines is 1. The summed E-state index contributed by atoms with van der Waals surface area (Å²) in [5.74, 6) is -0.744. The molecule has 0 saturated carbocycles. The van der Waals surface area contributed by atoms with Crippen molar-refractivity contribution in [1.29, 1.82) is 0 Å². The van der Waals surface area contributed by atoms with Crippen molar-refractivity contribution in [3.8, 4) is 0 Å². The lowest BCUT2D eigenvalue weighted by atomic mass is 10.3. The third kappa shape index (κ3) is 3.04. The molecule has 0 saturated heterocycles. The third-order valence-corrected chi connectivity index (χ3v) is 3.38. The summed E-state index contributed by atoms with van der Waals surface area (Å²) in [4.78, 5) is -0.136. The molecule has 0 amide bonds. The Bertz CT molecular complexity index is 486. The zero-order valence-electron chi connectivity index (χ0n) is 8.61. The fourth-order valence-corrected chi connectivity index (χ4v) is 2.11. The zero-order chi connectivity index (χ0) is 12.2. The second-order valence-electron chi connectivity index (χ2n) is 3.16. The van der Waals surface area contributed by atoms with Gasteiger partial charge in [0.2, 0.25) is 10.0 Å². The topological polar surface area (TPSA) is 72.2 Å². The number of sulfonamides is 1. The summed E-state index contributed by atoms with van der Waals surface area (Å²) >= 11 is 0. The van der Waals surface area contributed by atoms with Crippen molar-refractivity contribution in [3.63, 3.8) is 0 Å². The number of rotatable bonds is 5. The molecule has 6 heteroatoms. The largest absolute Gasteiger partial charge is 0.396 e. The van der Waals surface area contributed by atoms with Crippen LogP contribution >= 0.6 is 0 Å². The third-order valence-electron chi connectivity index (χ3n) is 1.92. The molecule has 0 bridgehead atoms. The first-order valence-corrected chi connectivity index (χ1v) is 6.11. The van der Waals surface area contributed by atoms with E-state index in [4.69, 9.17) is 5.73 Å². The molecule has 88 valence electrons. The van der Waals surface area contributed by atoms with Crippen molar-refractivity contribution < 1.29 is 12.8 Å². The van der Waals surface area contributed by atoms with Gasteiger partial charge in [-0.15, -0.1) is 6.58 Å². The minimum Gasteiger partial charge on any atom is -0.396 e. The number of halogens is 1. The summed E-state index contributed by atoms with van der Waals surface area (Å²) in [6.45, 7) is 3.70. The highest BCUT2D eigenvalue weighted by Crippen LogP contribution is 2.15. The highest BCUT2D eigenvalue weighted by molar-refractivity contribution is 7.89. The summed E-state index contributed by atoms with van der Waals surface area (Å²) in [6.07, 6.45) is 2.10. The van der Waals surface area contributed by atoms with Crippen LogP contribution in [0.15, 0.2) is 35.7 Å². The molecule has 0 spiro atoms. The van der Waals surface area contributed by atoms with Gasteiger partial charge in [-0.3, -0.25) is 0 Å². The van der Waals surface area contributed by atoms with Gasteiger partial charge in [-0.2, -0.15) is 0 Å². The highest BCUT2D eigenvalue weighted by atomic mass is 32.2. The van der Waals surface area contributed by atoms with Crippen molar-refractivity contribution in [2.45, 2.75) is 11.3 Å². The molecule has 1 aromatic rings. The molecule has 3 N–H and O–H groups in total. The maximum absolute atomic E-state index is 13.1. The van der Waals surface area contributed by atoms with Gasteiger partial charge in [0.15, 0.2) is 0 Å². The van der Waals surface area contributed by atoms with Crippen LogP contribution in [0.5, 0.6) is 0 Å². The van der Waals surface area contributed by atoms with Gasteiger partial charge in [0.05, 0.1) is 10.6 Å². The molecule has 1 aromatic carbocycles. The van der Waals surface area contributed by atoms with Gasteiger partial charge in [-0.05, 0) is 24.6 Å². The van der Waals surface area contributed by atoms with Crippen LogP contribution in [-0.4, -0.2) is 15.0 Å². The van der Waals surface area contributed by atoms with Gasteiger partial charge < -0.3 is 5.73 Å². The number of benzene rings is 1. The van der Waals surface area contributed by atoms with E-state index in [0.717, 1.165) is 6.07 Å². The Hall–Kier alpha value is -1.40. The number of nitrogen functional groups attached to an aromatic ring is 1. The van der Waals surface area contributed by atoms with Crippen LogP contribution in [0.4, 0.5) is 10.1 Å². The molecular weight excluding hydrogens is 231 g/mol. The summed E-state index contributed by atoms with van der Waals surface area (Å²) in [5, 5.41) is 0. The van der Waals surface area contributed by atoms with E-state index in [2.05, 4.69) is 11.3 Å². The average molecular weight is 244 g/mol. The Morgan fingerprint density at radius 1 is 1.50 bits per heavy atom. The van der Waals surface area contributed by atoms with Crippen molar-refractivity contribution in [2.24, 2.45) is 0 Å². The zero-order valence-corrected chi connectivity index (χ0v) is 9.43. The number of hydrogen-bond donors (Lipinski definition) is 2. The molecule has 1 rings (SSSR count).